The third-order valence-electron chi connectivity index (χ3n) is 3.33. The van der Waals surface area contributed by atoms with Gasteiger partial charge in [0.1, 0.15) is 5.76 Å². The zero-order chi connectivity index (χ0) is 15.1. The van der Waals surface area contributed by atoms with Crippen molar-refractivity contribution in [1.82, 2.24) is 10.2 Å². The highest BCUT2D eigenvalue weighted by Crippen LogP contribution is 2.07. The van der Waals surface area contributed by atoms with Gasteiger partial charge in [0.2, 0.25) is 5.91 Å². The average Bonchev–Trinajstić information content (AvgIpc) is 2.98. The quantitative estimate of drug-likeness (QED) is 0.747. The van der Waals surface area contributed by atoms with Crippen LogP contribution in [0.25, 0.3) is 6.08 Å². The average molecular weight is 294 g/mol. The van der Waals surface area contributed by atoms with E-state index < -0.39 is 6.10 Å². The van der Waals surface area contributed by atoms with E-state index in [1.54, 1.807) is 31.4 Å². The molecule has 1 saturated heterocycles. The van der Waals surface area contributed by atoms with Gasteiger partial charge in [0.15, 0.2) is 0 Å². The minimum Gasteiger partial charge on any atom is -0.465 e. The summed E-state index contributed by atoms with van der Waals surface area (Å²) in [6.07, 6.45) is 2.65. The van der Waals surface area contributed by atoms with Crippen LogP contribution in [0.3, 0.4) is 0 Å². The number of amides is 1. The highest BCUT2D eigenvalue weighted by atomic mass is 16.5. The zero-order valence-corrected chi connectivity index (χ0v) is 12.2. The molecule has 0 spiro atoms. The van der Waals surface area contributed by atoms with E-state index in [1.807, 2.05) is 0 Å². The highest BCUT2D eigenvalue weighted by Gasteiger charge is 2.15. The summed E-state index contributed by atoms with van der Waals surface area (Å²) in [6, 6.07) is 3.55. The van der Waals surface area contributed by atoms with E-state index in [0.717, 1.165) is 13.1 Å². The van der Waals surface area contributed by atoms with Crippen LogP contribution in [-0.4, -0.2) is 61.4 Å². The Bertz CT molecular complexity index is 464. The van der Waals surface area contributed by atoms with Crippen molar-refractivity contribution < 1.29 is 19.1 Å². The fourth-order valence-corrected chi connectivity index (χ4v) is 2.15. The molecule has 0 aromatic carbocycles. The summed E-state index contributed by atoms with van der Waals surface area (Å²) in [6.45, 7) is 5.54. The van der Waals surface area contributed by atoms with Gasteiger partial charge in [0, 0.05) is 31.8 Å². The molecule has 21 heavy (non-hydrogen) atoms. The van der Waals surface area contributed by atoms with E-state index in [0.29, 0.717) is 31.1 Å². The molecule has 6 heteroatoms. The minimum atomic E-state index is -0.580. The molecule has 0 radical (unpaired) electrons. The molecule has 0 aliphatic carbocycles. The van der Waals surface area contributed by atoms with Crippen molar-refractivity contribution >= 4 is 12.0 Å². The van der Waals surface area contributed by atoms with Gasteiger partial charge in [0.05, 0.1) is 25.6 Å². The predicted octanol–water partition coefficient (Wildman–Crippen LogP) is 0.492. The van der Waals surface area contributed by atoms with Crippen molar-refractivity contribution in [3.05, 3.63) is 29.7 Å². The number of β-amino-alcohol motifs (C(OH)–C–C–N with tert-alkyl or cyclic N) is 1. The smallest absolute Gasteiger partial charge is 0.247 e. The first kappa shape index (κ1) is 15.8. The van der Waals surface area contributed by atoms with Gasteiger partial charge < -0.3 is 19.6 Å². The lowest BCUT2D eigenvalue weighted by Crippen LogP contribution is -2.44. The molecular weight excluding hydrogens is 272 g/mol. The number of morpholine rings is 1. The maximum Gasteiger partial charge on any atom is 0.247 e. The first-order valence-electron chi connectivity index (χ1n) is 7.13. The van der Waals surface area contributed by atoms with Crippen LogP contribution in [0, 0.1) is 0 Å². The number of aliphatic hydroxyl groups excluding tert-OH is 1. The normalized spacial score (nSPS) is 18.5. The second-order valence-electron chi connectivity index (χ2n) is 5.12. The van der Waals surface area contributed by atoms with Gasteiger partial charge >= 0.3 is 0 Å². The monoisotopic (exact) mass is 294 g/mol. The van der Waals surface area contributed by atoms with Gasteiger partial charge in [-0.1, -0.05) is 0 Å². The van der Waals surface area contributed by atoms with Gasteiger partial charge in [-0.25, -0.2) is 0 Å². The van der Waals surface area contributed by atoms with Crippen molar-refractivity contribution in [3.63, 3.8) is 0 Å². The molecule has 2 rings (SSSR count). The van der Waals surface area contributed by atoms with Crippen LogP contribution in [-0.2, 0) is 9.53 Å². The second-order valence-corrected chi connectivity index (χ2v) is 5.12. The van der Waals surface area contributed by atoms with Crippen LogP contribution in [0.15, 0.2) is 28.4 Å². The first-order valence-corrected chi connectivity index (χ1v) is 7.13. The number of hydrogen-bond donors (Lipinski definition) is 2. The molecule has 1 aliphatic heterocycles. The van der Waals surface area contributed by atoms with Crippen molar-refractivity contribution in [3.8, 4) is 0 Å². The van der Waals surface area contributed by atoms with Crippen molar-refractivity contribution in [2.75, 3.05) is 39.4 Å². The van der Waals surface area contributed by atoms with E-state index >= 15 is 0 Å². The Morgan fingerprint density at radius 1 is 1.52 bits per heavy atom. The summed E-state index contributed by atoms with van der Waals surface area (Å²) < 4.78 is 10.4. The maximum absolute atomic E-state index is 11.9. The number of carbonyl (C=O) groups is 1. The lowest BCUT2D eigenvalue weighted by molar-refractivity contribution is -0.117. The molecule has 1 aromatic rings. The van der Waals surface area contributed by atoms with Crippen LogP contribution in [0.2, 0.25) is 0 Å². The van der Waals surface area contributed by atoms with Gasteiger partial charge in [-0.2, -0.15) is 0 Å². The number of rotatable bonds is 6. The molecule has 1 aliphatic rings. The van der Waals surface area contributed by atoms with Gasteiger partial charge in [-0.05, 0) is 25.1 Å². The molecule has 1 aromatic heterocycles. The lowest BCUT2D eigenvalue weighted by Gasteiger charge is -2.28. The van der Waals surface area contributed by atoms with Crippen LogP contribution in [0.5, 0.6) is 0 Å². The zero-order valence-electron chi connectivity index (χ0n) is 12.2. The standard InChI is InChI=1S/C15H22N2O4/c1-12(9-14-3-2-6-21-14)15(19)16-10-13(18)11-17-4-7-20-8-5-17/h2-3,6,9,13,18H,4-5,7-8,10-11H2,1H3,(H,16,19)/b12-9-. The summed E-state index contributed by atoms with van der Waals surface area (Å²) in [5, 5.41) is 12.7. The largest absolute Gasteiger partial charge is 0.465 e. The summed E-state index contributed by atoms with van der Waals surface area (Å²) in [7, 11) is 0. The molecule has 2 N–H and O–H groups in total. The van der Waals surface area contributed by atoms with Gasteiger partial charge in [0.25, 0.3) is 0 Å². The number of nitrogens with zero attached hydrogens (tertiary/aromatic N) is 1. The predicted molar refractivity (Wildman–Crippen MR) is 78.6 cm³/mol. The van der Waals surface area contributed by atoms with E-state index in [2.05, 4.69) is 10.2 Å². The molecule has 6 nitrogen and oxygen atoms in total. The highest BCUT2D eigenvalue weighted by molar-refractivity contribution is 5.96. The van der Waals surface area contributed by atoms with Crippen molar-refractivity contribution in [1.29, 1.82) is 0 Å². The Labute approximate surface area is 124 Å². The number of nitrogens with one attached hydrogen (secondary N) is 1. The van der Waals surface area contributed by atoms with Crippen LogP contribution >= 0.6 is 0 Å². The Hall–Kier alpha value is -1.63. The fraction of sp³-hybridized carbons (Fsp3) is 0.533. The maximum atomic E-state index is 11.9. The van der Waals surface area contributed by atoms with Crippen molar-refractivity contribution in [2.45, 2.75) is 13.0 Å². The van der Waals surface area contributed by atoms with E-state index in [1.165, 1.54) is 0 Å². The van der Waals surface area contributed by atoms with Crippen LogP contribution in [0.1, 0.15) is 12.7 Å². The Morgan fingerprint density at radius 3 is 2.95 bits per heavy atom. The second kappa shape index (κ2) is 7.97. The van der Waals surface area contributed by atoms with Crippen LogP contribution in [0.4, 0.5) is 0 Å². The SMILES string of the molecule is C/C(=C/c1ccco1)C(=O)NCC(O)CN1CCOCC1. The number of ether oxygens (including phenoxy) is 1. The molecule has 1 fully saturated rings. The number of carbonyl (C=O) groups excluding carboxylic acids is 1. The van der Waals surface area contributed by atoms with E-state index in [9.17, 15) is 9.90 Å². The third-order valence-corrected chi connectivity index (χ3v) is 3.33. The van der Waals surface area contributed by atoms with Crippen molar-refractivity contribution in [2.24, 2.45) is 0 Å². The lowest BCUT2D eigenvalue weighted by atomic mass is 10.2. The molecule has 1 amide bonds. The van der Waals surface area contributed by atoms with Gasteiger partial charge in [-0.15, -0.1) is 0 Å². The summed E-state index contributed by atoms with van der Waals surface area (Å²) in [5.74, 6) is 0.434. The number of hydrogen-bond acceptors (Lipinski definition) is 5. The molecule has 116 valence electrons. The molecule has 2 heterocycles. The number of furan rings is 1. The summed E-state index contributed by atoms with van der Waals surface area (Å²) in [4.78, 5) is 14.0. The Balaban J connectivity index is 1.72. The van der Waals surface area contributed by atoms with E-state index in [4.69, 9.17) is 9.15 Å². The molecular formula is C15H22N2O4. The molecule has 0 saturated carbocycles. The molecule has 1 atom stereocenters. The topological polar surface area (TPSA) is 74.9 Å². The summed E-state index contributed by atoms with van der Waals surface area (Å²) >= 11 is 0. The number of aliphatic hydroxyl groups is 1. The first-order chi connectivity index (χ1) is 10.1. The Kier molecular flexibility index (Phi) is 5.98. The Morgan fingerprint density at radius 2 is 2.29 bits per heavy atom. The third kappa shape index (κ3) is 5.34. The van der Waals surface area contributed by atoms with Gasteiger partial charge in [-0.3, -0.25) is 9.69 Å². The fourth-order valence-electron chi connectivity index (χ4n) is 2.15. The minimum absolute atomic E-state index is 0.201. The summed E-state index contributed by atoms with van der Waals surface area (Å²) in [5.41, 5.74) is 0.545. The molecule has 0 bridgehead atoms. The van der Waals surface area contributed by atoms with E-state index in [-0.39, 0.29) is 12.5 Å². The molecule has 1 unspecified atom stereocenters. The van der Waals surface area contributed by atoms with Crippen LogP contribution < -0.4 is 5.32 Å².